The normalized spacial score (nSPS) is 7.20. The minimum atomic E-state index is -1.37. The van der Waals surface area contributed by atoms with Gasteiger partial charge in [0, 0.05) is 11.9 Å². The van der Waals surface area contributed by atoms with E-state index in [2.05, 4.69) is 13.2 Å². The molecule has 0 fully saturated rings. The van der Waals surface area contributed by atoms with E-state index in [0.717, 1.165) is 0 Å². The third-order valence-corrected chi connectivity index (χ3v) is 0.533. The largest absolute Gasteiger partial charge is 0.550 e. The van der Waals surface area contributed by atoms with Crippen LogP contribution in [0.1, 0.15) is 12.8 Å². The smallest absolute Gasteiger partial charge is 0.0418 e. The van der Waals surface area contributed by atoms with Gasteiger partial charge in [0.15, 0.2) is 0 Å². The molecule has 0 rings (SSSR count). The molecule has 0 amide bonds. The molecule has 0 aliphatic carbocycles. The van der Waals surface area contributed by atoms with Crippen LogP contribution in [0.3, 0.4) is 0 Å². The quantitative estimate of drug-likeness (QED) is 0.432. The van der Waals surface area contributed by atoms with Gasteiger partial charge in [-0.2, -0.15) is 0 Å². The maximum Gasteiger partial charge on any atom is 0.0418 e. The predicted molar refractivity (Wildman–Crippen MR) is 30.5 cm³/mol. The van der Waals surface area contributed by atoms with Crippen LogP contribution < -0.4 is 10.2 Å². The summed E-state index contributed by atoms with van der Waals surface area (Å²) in [6.07, 6.45) is -0.940. The molecule has 0 heterocycles. The van der Waals surface area contributed by atoms with Gasteiger partial charge in [0.1, 0.15) is 0 Å². The van der Waals surface area contributed by atoms with Crippen LogP contribution in [-0.4, -0.2) is 11.9 Å². The Labute approximate surface area is 58.8 Å². The van der Waals surface area contributed by atoms with Crippen molar-refractivity contribution in [2.45, 2.75) is 12.8 Å². The third kappa shape index (κ3) is 15.9. The average molecular weight is 144 g/mol. The van der Waals surface area contributed by atoms with Gasteiger partial charge < -0.3 is 19.8 Å². The standard InChI is InChI=1S/C4H6O4.C2H4/c5-3(6)1-2-4(7)8;1-2/h1-2H2,(H,5,6)(H,7,8);1-2H2/p-2. The Morgan fingerprint density at radius 2 is 1.20 bits per heavy atom. The zero-order chi connectivity index (χ0) is 8.57. The van der Waals surface area contributed by atoms with Crippen LogP contribution in [-0.2, 0) is 9.59 Å². The highest BCUT2D eigenvalue weighted by Gasteiger charge is 1.85. The molecule has 0 radical (unpaired) electrons. The summed E-state index contributed by atoms with van der Waals surface area (Å²) in [5, 5.41) is 19.0. The first-order valence-electron chi connectivity index (χ1n) is 2.52. The Bertz CT molecular complexity index is 105. The average Bonchev–Trinajstić information content (AvgIpc) is 1.89. The monoisotopic (exact) mass is 144 g/mol. The van der Waals surface area contributed by atoms with E-state index < -0.39 is 24.8 Å². The Hall–Kier alpha value is -1.32. The molecule has 0 N–H and O–H groups in total. The van der Waals surface area contributed by atoms with Gasteiger partial charge in [-0.15, -0.1) is 13.2 Å². The van der Waals surface area contributed by atoms with Crippen molar-refractivity contribution in [3.63, 3.8) is 0 Å². The summed E-state index contributed by atoms with van der Waals surface area (Å²) in [6.45, 7) is 6.00. The molecule has 0 bridgehead atoms. The molecule has 0 aliphatic rings. The summed E-state index contributed by atoms with van der Waals surface area (Å²) >= 11 is 0. The lowest BCUT2D eigenvalue weighted by Crippen LogP contribution is -2.27. The zero-order valence-corrected chi connectivity index (χ0v) is 5.46. The Morgan fingerprint density at radius 3 is 1.30 bits per heavy atom. The van der Waals surface area contributed by atoms with Crippen LogP contribution >= 0.6 is 0 Å². The lowest BCUT2D eigenvalue weighted by Gasteiger charge is -2.00. The molecule has 4 nitrogen and oxygen atoms in total. The lowest BCUT2D eigenvalue weighted by molar-refractivity contribution is -0.315. The van der Waals surface area contributed by atoms with Crippen LogP contribution in [0.25, 0.3) is 0 Å². The molecule has 0 spiro atoms. The summed E-state index contributed by atoms with van der Waals surface area (Å²) in [7, 11) is 0. The van der Waals surface area contributed by atoms with Gasteiger partial charge in [-0.25, -0.2) is 0 Å². The Balaban J connectivity index is 0. The molecule has 0 saturated heterocycles. The molecule has 0 aliphatic heterocycles. The van der Waals surface area contributed by atoms with Crippen molar-refractivity contribution < 1.29 is 19.8 Å². The summed E-state index contributed by atoms with van der Waals surface area (Å²) in [4.78, 5) is 19.0. The zero-order valence-electron chi connectivity index (χ0n) is 5.46. The van der Waals surface area contributed by atoms with Crippen molar-refractivity contribution in [2.75, 3.05) is 0 Å². The first-order chi connectivity index (χ1) is 4.63. The van der Waals surface area contributed by atoms with Gasteiger partial charge in [-0.05, 0) is 12.8 Å². The predicted octanol–water partition coefficient (Wildman–Crippen LogP) is -1.93. The molecule has 0 atom stereocenters. The second kappa shape index (κ2) is 7.68. The topological polar surface area (TPSA) is 80.3 Å². The van der Waals surface area contributed by atoms with E-state index in [1.807, 2.05) is 0 Å². The van der Waals surface area contributed by atoms with E-state index in [-0.39, 0.29) is 0 Å². The minimum absolute atomic E-state index is 0.470. The molecule has 0 aromatic heterocycles. The van der Waals surface area contributed by atoms with Gasteiger partial charge in [-0.3, -0.25) is 0 Å². The molecular weight excluding hydrogens is 136 g/mol. The SMILES string of the molecule is C=C.O=C([O-])CCC(=O)[O-]. The number of carboxylic acids is 2. The van der Waals surface area contributed by atoms with Gasteiger partial charge in [0.05, 0.1) is 0 Å². The van der Waals surface area contributed by atoms with Crippen molar-refractivity contribution in [3.05, 3.63) is 13.2 Å². The van der Waals surface area contributed by atoms with Gasteiger partial charge in [0.25, 0.3) is 0 Å². The Kier molecular flexibility index (Phi) is 8.81. The van der Waals surface area contributed by atoms with Crippen LogP contribution in [0.2, 0.25) is 0 Å². The summed E-state index contributed by atoms with van der Waals surface area (Å²) in [6, 6.07) is 0. The van der Waals surface area contributed by atoms with E-state index in [1.54, 1.807) is 0 Å². The number of hydrogen-bond donors (Lipinski definition) is 0. The minimum Gasteiger partial charge on any atom is -0.550 e. The first-order valence-corrected chi connectivity index (χ1v) is 2.52. The molecule has 0 aromatic carbocycles. The van der Waals surface area contributed by atoms with Crippen molar-refractivity contribution in [1.29, 1.82) is 0 Å². The van der Waals surface area contributed by atoms with Crippen LogP contribution in [0.4, 0.5) is 0 Å². The number of aliphatic carboxylic acids is 2. The van der Waals surface area contributed by atoms with Crippen molar-refractivity contribution >= 4 is 11.9 Å². The summed E-state index contributed by atoms with van der Waals surface area (Å²) < 4.78 is 0. The first kappa shape index (κ1) is 11.5. The number of carbonyl (C=O) groups is 2. The lowest BCUT2D eigenvalue weighted by atomic mass is 10.3. The van der Waals surface area contributed by atoms with E-state index >= 15 is 0 Å². The summed E-state index contributed by atoms with van der Waals surface area (Å²) in [5.74, 6) is -2.73. The summed E-state index contributed by atoms with van der Waals surface area (Å²) in [5.41, 5.74) is 0. The van der Waals surface area contributed by atoms with Crippen LogP contribution in [0.5, 0.6) is 0 Å². The third-order valence-electron chi connectivity index (χ3n) is 0.533. The van der Waals surface area contributed by atoms with Gasteiger partial charge in [0.2, 0.25) is 0 Å². The molecule has 4 heteroatoms. The van der Waals surface area contributed by atoms with Crippen LogP contribution in [0.15, 0.2) is 13.2 Å². The second-order valence-corrected chi connectivity index (χ2v) is 1.24. The van der Waals surface area contributed by atoms with Gasteiger partial charge >= 0.3 is 0 Å². The number of hydrogen-bond acceptors (Lipinski definition) is 4. The number of carboxylic acid groups (broad SMARTS) is 2. The molecule has 58 valence electrons. The fraction of sp³-hybridized carbons (Fsp3) is 0.333. The second-order valence-electron chi connectivity index (χ2n) is 1.24. The molecule has 10 heavy (non-hydrogen) atoms. The maximum absolute atomic E-state index is 9.50. The highest BCUT2D eigenvalue weighted by Crippen LogP contribution is 1.81. The van der Waals surface area contributed by atoms with E-state index in [9.17, 15) is 19.8 Å². The van der Waals surface area contributed by atoms with E-state index in [4.69, 9.17) is 0 Å². The Morgan fingerprint density at radius 1 is 1.00 bits per heavy atom. The number of carbonyl (C=O) groups excluding carboxylic acids is 2. The highest BCUT2D eigenvalue weighted by molar-refractivity contribution is 5.72. The van der Waals surface area contributed by atoms with Crippen molar-refractivity contribution in [2.24, 2.45) is 0 Å². The van der Waals surface area contributed by atoms with Crippen molar-refractivity contribution in [3.8, 4) is 0 Å². The van der Waals surface area contributed by atoms with E-state index in [1.165, 1.54) is 0 Å². The molecule has 0 saturated carbocycles. The van der Waals surface area contributed by atoms with E-state index in [0.29, 0.717) is 0 Å². The number of rotatable bonds is 3. The highest BCUT2D eigenvalue weighted by atomic mass is 16.4. The maximum atomic E-state index is 9.50. The fourth-order valence-corrected chi connectivity index (χ4v) is 0.204. The fourth-order valence-electron chi connectivity index (χ4n) is 0.204. The van der Waals surface area contributed by atoms with Crippen LogP contribution in [0, 0.1) is 0 Å². The molecule has 0 aromatic rings. The van der Waals surface area contributed by atoms with Crippen molar-refractivity contribution in [1.82, 2.24) is 0 Å². The molecule has 0 unspecified atom stereocenters. The van der Waals surface area contributed by atoms with Gasteiger partial charge in [-0.1, -0.05) is 0 Å². The molecular formula is C6H8O4-2.